The first-order valence-electron chi connectivity index (χ1n) is 3.01. The summed E-state index contributed by atoms with van der Waals surface area (Å²) in [5, 5.41) is 8.46. The van der Waals surface area contributed by atoms with Gasteiger partial charge < -0.3 is 0 Å². The standard InChI is InChI=1S/C7H9NO2/c1-3-7(2,5-8)6(10)4-9/h4H,3H2,1-2H3. The third kappa shape index (κ3) is 1.41. The van der Waals surface area contributed by atoms with Gasteiger partial charge in [-0.15, -0.1) is 0 Å². The van der Waals surface area contributed by atoms with Gasteiger partial charge in [0.15, 0.2) is 6.29 Å². The number of carbonyl (C=O) groups excluding carboxylic acids is 2. The molecule has 0 rings (SSSR count). The lowest BCUT2D eigenvalue weighted by Gasteiger charge is -2.12. The number of hydrogen-bond acceptors (Lipinski definition) is 3. The van der Waals surface area contributed by atoms with Gasteiger partial charge in [-0.3, -0.25) is 9.59 Å². The van der Waals surface area contributed by atoms with E-state index in [4.69, 9.17) is 5.26 Å². The summed E-state index contributed by atoms with van der Waals surface area (Å²) in [5.74, 6) is -0.641. The molecular weight excluding hydrogens is 130 g/mol. The van der Waals surface area contributed by atoms with Crippen molar-refractivity contribution in [3.05, 3.63) is 0 Å². The van der Waals surface area contributed by atoms with Gasteiger partial charge in [-0.25, -0.2) is 0 Å². The summed E-state index contributed by atoms with van der Waals surface area (Å²) in [6.45, 7) is 3.16. The number of ketones is 1. The predicted octanol–water partition coefficient (Wildman–Crippen LogP) is 0.694. The number of carbonyl (C=O) groups is 2. The van der Waals surface area contributed by atoms with Crippen molar-refractivity contribution >= 4 is 12.1 Å². The van der Waals surface area contributed by atoms with E-state index >= 15 is 0 Å². The van der Waals surface area contributed by atoms with Crippen LogP contribution >= 0.6 is 0 Å². The van der Waals surface area contributed by atoms with Gasteiger partial charge in [0, 0.05) is 0 Å². The molecule has 54 valence electrons. The van der Waals surface area contributed by atoms with Crippen LogP contribution in [0.5, 0.6) is 0 Å². The molecule has 0 spiro atoms. The Morgan fingerprint density at radius 2 is 2.30 bits per heavy atom. The Bertz CT molecular complexity index is 192. The SMILES string of the molecule is CCC(C)(C#N)C(=O)C=O. The number of Topliss-reactive ketones (excluding diaryl/α,β-unsaturated/α-hetero) is 1. The second kappa shape index (κ2) is 3.11. The third-order valence-corrected chi connectivity index (χ3v) is 1.60. The van der Waals surface area contributed by atoms with Gasteiger partial charge in [0.2, 0.25) is 5.78 Å². The second-order valence-corrected chi connectivity index (χ2v) is 2.28. The Labute approximate surface area is 59.6 Å². The lowest BCUT2D eigenvalue weighted by Crippen LogP contribution is -2.25. The van der Waals surface area contributed by atoms with E-state index in [1.165, 1.54) is 6.92 Å². The molecule has 0 aliphatic carbocycles. The second-order valence-electron chi connectivity index (χ2n) is 2.28. The highest BCUT2D eigenvalue weighted by Gasteiger charge is 2.30. The Morgan fingerprint density at radius 1 is 1.80 bits per heavy atom. The summed E-state index contributed by atoms with van der Waals surface area (Å²) in [5.41, 5.74) is -1.11. The first-order chi connectivity index (χ1) is 4.60. The maximum absolute atomic E-state index is 10.7. The highest BCUT2D eigenvalue weighted by molar-refractivity contribution is 6.28. The van der Waals surface area contributed by atoms with Crippen molar-refractivity contribution in [2.45, 2.75) is 20.3 Å². The van der Waals surface area contributed by atoms with Gasteiger partial charge in [0.05, 0.1) is 6.07 Å². The normalized spacial score (nSPS) is 14.9. The largest absolute Gasteiger partial charge is 0.295 e. The van der Waals surface area contributed by atoms with Crippen LogP contribution in [-0.4, -0.2) is 12.1 Å². The van der Waals surface area contributed by atoms with Crippen LogP contribution in [0.3, 0.4) is 0 Å². The minimum Gasteiger partial charge on any atom is -0.295 e. The molecule has 10 heavy (non-hydrogen) atoms. The van der Waals surface area contributed by atoms with E-state index in [9.17, 15) is 9.59 Å². The summed E-state index contributed by atoms with van der Waals surface area (Å²) >= 11 is 0. The van der Waals surface area contributed by atoms with Crippen molar-refractivity contribution in [1.82, 2.24) is 0 Å². The van der Waals surface area contributed by atoms with Gasteiger partial charge in [0.25, 0.3) is 0 Å². The molecule has 0 saturated carbocycles. The van der Waals surface area contributed by atoms with Crippen molar-refractivity contribution < 1.29 is 9.59 Å². The van der Waals surface area contributed by atoms with E-state index in [1.54, 1.807) is 13.0 Å². The highest BCUT2D eigenvalue weighted by atomic mass is 16.2. The predicted molar refractivity (Wildman–Crippen MR) is 35.1 cm³/mol. The van der Waals surface area contributed by atoms with Crippen LogP contribution in [-0.2, 0) is 9.59 Å². The molecule has 1 unspecified atom stereocenters. The van der Waals surface area contributed by atoms with Crippen LogP contribution < -0.4 is 0 Å². The van der Waals surface area contributed by atoms with Crippen molar-refractivity contribution in [2.24, 2.45) is 5.41 Å². The molecule has 0 aliphatic rings. The smallest absolute Gasteiger partial charge is 0.215 e. The molecule has 0 aromatic heterocycles. The van der Waals surface area contributed by atoms with Crippen molar-refractivity contribution in [2.75, 3.05) is 0 Å². The molecule has 0 N–H and O–H groups in total. The zero-order chi connectivity index (χ0) is 8.20. The van der Waals surface area contributed by atoms with Crippen molar-refractivity contribution in [1.29, 1.82) is 5.26 Å². The monoisotopic (exact) mass is 139 g/mol. The van der Waals surface area contributed by atoms with Crippen molar-refractivity contribution in [3.8, 4) is 6.07 Å². The fourth-order valence-electron chi connectivity index (χ4n) is 0.438. The molecule has 3 nitrogen and oxygen atoms in total. The van der Waals surface area contributed by atoms with Gasteiger partial charge in [-0.2, -0.15) is 5.26 Å². The number of rotatable bonds is 3. The molecule has 0 aromatic rings. The summed E-state index contributed by atoms with van der Waals surface area (Å²) < 4.78 is 0. The minimum absolute atomic E-state index is 0.201. The molecular formula is C7H9NO2. The van der Waals surface area contributed by atoms with Crippen molar-refractivity contribution in [3.63, 3.8) is 0 Å². The Hall–Kier alpha value is -1.17. The fraction of sp³-hybridized carbons (Fsp3) is 0.571. The average Bonchev–Trinajstić information content (AvgIpc) is 2.01. The Balaban J connectivity index is 4.52. The molecule has 3 heteroatoms. The molecule has 0 saturated heterocycles. The first-order valence-corrected chi connectivity index (χ1v) is 3.01. The zero-order valence-corrected chi connectivity index (χ0v) is 6.05. The molecule has 0 aliphatic heterocycles. The van der Waals surface area contributed by atoms with Gasteiger partial charge >= 0.3 is 0 Å². The van der Waals surface area contributed by atoms with Gasteiger partial charge in [0.1, 0.15) is 5.41 Å². The number of hydrogen-bond donors (Lipinski definition) is 0. The maximum atomic E-state index is 10.7. The third-order valence-electron chi connectivity index (χ3n) is 1.60. The Morgan fingerprint density at radius 3 is 2.40 bits per heavy atom. The number of aldehydes is 1. The summed E-state index contributed by atoms with van der Waals surface area (Å²) in [7, 11) is 0. The lowest BCUT2D eigenvalue weighted by molar-refractivity contribution is -0.134. The topological polar surface area (TPSA) is 57.9 Å². The lowest BCUT2D eigenvalue weighted by atomic mass is 9.85. The summed E-state index contributed by atoms with van der Waals surface area (Å²) in [6, 6.07) is 1.80. The first kappa shape index (κ1) is 8.83. The van der Waals surface area contributed by atoms with Crippen LogP contribution in [0, 0.1) is 16.7 Å². The van der Waals surface area contributed by atoms with Crippen LogP contribution in [0.15, 0.2) is 0 Å². The van der Waals surface area contributed by atoms with E-state index in [0.717, 1.165) is 0 Å². The van der Waals surface area contributed by atoms with Crippen LogP contribution in [0.2, 0.25) is 0 Å². The zero-order valence-electron chi connectivity index (χ0n) is 6.05. The molecule has 0 amide bonds. The Kier molecular flexibility index (Phi) is 2.75. The summed E-state index contributed by atoms with van der Waals surface area (Å²) in [4.78, 5) is 20.7. The molecule has 0 bridgehead atoms. The van der Waals surface area contributed by atoms with E-state index in [1.807, 2.05) is 0 Å². The average molecular weight is 139 g/mol. The van der Waals surface area contributed by atoms with Crippen LogP contribution in [0.4, 0.5) is 0 Å². The molecule has 0 heterocycles. The molecule has 1 atom stereocenters. The van der Waals surface area contributed by atoms with Crippen LogP contribution in [0.1, 0.15) is 20.3 Å². The van der Waals surface area contributed by atoms with E-state index in [-0.39, 0.29) is 6.29 Å². The number of nitrogens with zero attached hydrogens (tertiary/aromatic N) is 1. The van der Waals surface area contributed by atoms with E-state index in [2.05, 4.69) is 0 Å². The molecule has 0 aromatic carbocycles. The van der Waals surface area contributed by atoms with Gasteiger partial charge in [-0.05, 0) is 13.3 Å². The highest BCUT2D eigenvalue weighted by Crippen LogP contribution is 2.19. The van der Waals surface area contributed by atoms with Gasteiger partial charge in [-0.1, -0.05) is 6.92 Å². The molecule has 0 radical (unpaired) electrons. The number of nitriles is 1. The van der Waals surface area contributed by atoms with E-state index in [0.29, 0.717) is 6.42 Å². The quantitative estimate of drug-likeness (QED) is 0.427. The van der Waals surface area contributed by atoms with E-state index < -0.39 is 11.2 Å². The minimum atomic E-state index is -1.11. The fourth-order valence-corrected chi connectivity index (χ4v) is 0.438. The summed E-state index contributed by atoms with van der Waals surface area (Å²) in [6.07, 6.45) is 0.577. The maximum Gasteiger partial charge on any atom is 0.215 e. The van der Waals surface area contributed by atoms with Crippen LogP contribution in [0.25, 0.3) is 0 Å². The molecule has 0 fully saturated rings.